The Morgan fingerprint density at radius 3 is 2.30 bits per heavy atom. The van der Waals surface area contributed by atoms with Gasteiger partial charge in [0.25, 0.3) is 0 Å². The van der Waals surface area contributed by atoms with Crippen LogP contribution in [0.1, 0.15) is 11.1 Å². The molecular formula is C21H25N3O6. The highest BCUT2D eigenvalue weighted by Gasteiger charge is 2.13. The van der Waals surface area contributed by atoms with Crippen molar-refractivity contribution in [3.8, 4) is 23.0 Å². The summed E-state index contributed by atoms with van der Waals surface area (Å²) in [6.07, 6.45) is 1.89. The molecule has 0 heterocycles. The molecule has 0 spiro atoms. The molecule has 0 aliphatic rings. The van der Waals surface area contributed by atoms with Crippen LogP contribution in [0.4, 0.5) is 0 Å². The van der Waals surface area contributed by atoms with Crippen LogP contribution in [-0.2, 0) is 16.0 Å². The van der Waals surface area contributed by atoms with Crippen molar-refractivity contribution < 1.29 is 28.5 Å². The van der Waals surface area contributed by atoms with Crippen molar-refractivity contribution in [2.75, 3.05) is 35.0 Å². The van der Waals surface area contributed by atoms with E-state index in [1.165, 1.54) is 20.4 Å². The van der Waals surface area contributed by atoms with Crippen molar-refractivity contribution in [3.05, 3.63) is 47.5 Å². The average Bonchev–Trinajstić information content (AvgIpc) is 2.78. The highest BCUT2D eigenvalue weighted by Crippen LogP contribution is 2.29. The second kappa shape index (κ2) is 11.3. The smallest absolute Gasteiger partial charge is 0.329 e. The van der Waals surface area contributed by atoms with E-state index in [-0.39, 0.29) is 6.54 Å². The topological polar surface area (TPSA) is 107 Å². The van der Waals surface area contributed by atoms with E-state index in [2.05, 4.69) is 15.8 Å². The maximum absolute atomic E-state index is 11.9. The highest BCUT2D eigenvalue weighted by atomic mass is 16.5. The Labute approximate surface area is 175 Å². The molecular weight excluding hydrogens is 390 g/mol. The zero-order valence-electron chi connectivity index (χ0n) is 17.4. The van der Waals surface area contributed by atoms with Crippen LogP contribution in [0.5, 0.6) is 23.0 Å². The lowest BCUT2D eigenvalue weighted by atomic mass is 10.1. The predicted molar refractivity (Wildman–Crippen MR) is 112 cm³/mol. The number of carbonyl (C=O) groups excluding carboxylic acids is 2. The molecule has 0 aromatic heterocycles. The number of carbonyl (C=O) groups is 2. The van der Waals surface area contributed by atoms with Gasteiger partial charge >= 0.3 is 11.8 Å². The molecule has 9 heteroatoms. The molecule has 0 radical (unpaired) electrons. The molecule has 160 valence electrons. The summed E-state index contributed by atoms with van der Waals surface area (Å²) in [4.78, 5) is 23.8. The summed E-state index contributed by atoms with van der Waals surface area (Å²) in [5.74, 6) is 0.556. The number of rotatable bonds is 9. The quantitative estimate of drug-likeness (QED) is 0.365. The minimum Gasteiger partial charge on any atom is -0.493 e. The zero-order valence-corrected chi connectivity index (χ0v) is 17.4. The molecule has 0 atom stereocenters. The number of amides is 2. The Morgan fingerprint density at radius 1 is 0.900 bits per heavy atom. The maximum Gasteiger partial charge on any atom is 0.329 e. The minimum atomic E-state index is -0.875. The van der Waals surface area contributed by atoms with Gasteiger partial charge in [0.2, 0.25) is 0 Å². The Morgan fingerprint density at radius 2 is 1.63 bits per heavy atom. The number of hydrogen-bond donors (Lipinski definition) is 2. The van der Waals surface area contributed by atoms with Crippen molar-refractivity contribution in [1.29, 1.82) is 0 Å². The van der Waals surface area contributed by atoms with Crippen LogP contribution in [0, 0.1) is 0 Å². The van der Waals surface area contributed by atoms with Crippen LogP contribution in [0.3, 0.4) is 0 Å². The largest absolute Gasteiger partial charge is 0.493 e. The second-order valence-corrected chi connectivity index (χ2v) is 5.98. The number of nitrogens with one attached hydrogen (secondary N) is 2. The minimum absolute atomic E-state index is 0.273. The summed E-state index contributed by atoms with van der Waals surface area (Å²) in [5.41, 5.74) is 3.70. The van der Waals surface area contributed by atoms with E-state index in [0.717, 1.165) is 5.56 Å². The number of hydrogen-bond acceptors (Lipinski definition) is 7. The molecule has 2 aromatic carbocycles. The SMILES string of the molecule is COc1ccc(CCNC(=O)C(=O)N/N=C/c2cccc(OC)c2OC)cc1OC. The van der Waals surface area contributed by atoms with Gasteiger partial charge in [-0.3, -0.25) is 9.59 Å². The van der Waals surface area contributed by atoms with E-state index in [9.17, 15) is 9.59 Å². The van der Waals surface area contributed by atoms with Crippen molar-refractivity contribution in [1.82, 2.24) is 10.7 Å². The molecule has 0 saturated carbocycles. The van der Waals surface area contributed by atoms with Crippen LogP contribution in [0.15, 0.2) is 41.5 Å². The fourth-order valence-electron chi connectivity index (χ4n) is 2.66. The standard InChI is InChI=1S/C21H25N3O6/c1-27-16-9-8-14(12-18(16)29-3)10-11-22-20(25)21(26)24-23-13-15-6-5-7-17(28-2)19(15)30-4/h5-9,12-13H,10-11H2,1-4H3,(H,22,25)(H,24,26)/b23-13+. The van der Waals surface area contributed by atoms with Gasteiger partial charge in [-0.05, 0) is 36.2 Å². The first kappa shape index (κ1) is 22.5. The molecule has 2 amide bonds. The summed E-state index contributed by atoms with van der Waals surface area (Å²) in [6, 6.07) is 10.7. The molecule has 2 aromatic rings. The van der Waals surface area contributed by atoms with Gasteiger partial charge in [0, 0.05) is 12.1 Å². The number of ether oxygens (including phenoxy) is 4. The maximum atomic E-state index is 11.9. The van der Waals surface area contributed by atoms with E-state index in [1.807, 2.05) is 12.1 Å². The summed E-state index contributed by atoms with van der Waals surface area (Å²) in [6.45, 7) is 0.273. The number of benzene rings is 2. The van der Waals surface area contributed by atoms with Crippen molar-refractivity contribution in [2.45, 2.75) is 6.42 Å². The fraction of sp³-hybridized carbons (Fsp3) is 0.286. The summed E-state index contributed by atoms with van der Waals surface area (Å²) in [7, 11) is 6.13. The summed E-state index contributed by atoms with van der Waals surface area (Å²) >= 11 is 0. The molecule has 0 fully saturated rings. The molecule has 30 heavy (non-hydrogen) atoms. The predicted octanol–water partition coefficient (Wildman–Crippen LogP) is 1.53. The monoisotopic (exact) mass is 415 g/mol. The average molecular weight is 415 g/mol. The molecule has 0 saturated heterocycles. The molecule has 9 nitrogen and oxygen atoms in total. The van der Waals surface area contributed by atoms with Crippen molar-refractivity contribution >= 4 is 18.0 Å². The van der Waals surface area contributed by atoms with Gasteiger partial charge in [-0.1, -0.05) is 12.1 Å². The van der Waals surface area contributed by atoms with Crippen LogP contribution >= 0.6 is 0 Å². The third kappa shape index (κ3) is 5.87. The van der Waals surface area contributed by atoms with Gasteiger partial charge < -0.3 is 24.3 Å². The Hall–Kier alpha value is -3.75. The first-order valence-corrected chi connectivity index (χ1v) is 9.07. The molecule has 0 aliphatic heterocycles. The lowest BCUT2D eigenvalue weighted by Gasteiger charge is -2.10. The van der Waals surface area contributed by atoms with Crippen LogP contribution in [0.25, 0.3) is 0 Å². The fourth-order valence-corrected chi connectivity index (χ4v) is 2.66. The van der Waals surface area contributed by atoms with E-state index < -0.39 is 11.8 Å². The Balaban J connectivity index is 1.86. The van der Waals surface area contributed by atoms with Crippen LogP contribution in [-0.4, -0.2) is 53.0 Å². The zero-order chi connectivity index (χ0) is 21.9. The van der Waals surface area contributed by atoms with E-state index in [1.54, 1.807) is 38.5 Å². The van der Waals surface area contributed by atoms with Gasteiger partial charge in [0.15, 0.2) is 23.0 Å². The van der Waals surface area contributed by atoms with Gasteiger partial charge in [-0.2, -0.15) is 5.10 Å². The molecule has 0 bridgehead atoms. The molecule has 2 N–H and O–H groups in total. The molecule has 0 aliphatic carbocycles. The molecule has 2 rings (SSSR count). The van der Waals surface area contributed by atoms with E-state index in [4.69, 9.17) is 18.9 Å². The van der Waals surface area contributed by atoms with Crippen molar-refractivity contribution in [2.24, 2.45) is 5.10 Å². The van der Waals surface area contributed by atoms with E-state index in [0.29, 0.717) is 35.0 Å². The van der Waals surface area contributed by atoms with Crippen molar-refractivity contribution in [3.63, 3.8) is 0 Å². The van der Waals surface area contributed by atoms with Crippen LogP contribution in [0.2, 0.25) is 0 Å². The first-order chi connectivity index (χ1) is 14.5. The molecule has 0 unspecified atom stereocenters. The third-order valence-electron chi connectivity index (χ3n) is 4.16. The second-order valence-electron chi connectivity index (χ2n) is 5.98. The number of hydrazone groups is 1. The lowest BCUT2D eigenvalue weighted by Crippen LogP contribution is -2.38. The third-order valence-corrected chi connectivity index (χ3v) is 4.16. The highest BCUT2D eigenvalue weighted by molar-refractivity contribution is 6.35. The van der Waals surface area contributed by atoms with Gasteiger partial charge in [-0.25, -0.2) is 5.43 Å². The Kier molecular flexibility index (Phi) is 8.49. The number of nitrogens with zero attached hydrogens (tertiary/aromatic N) is 1. The van der Waals surface area contributed by atoms with E-state index >= 15 is 0 Å². The van der Waals surface area contributed by atoms with Gasteiger partial charge in [-0.15, -0.1) is 0 Å². The normalized spacial score (nSPS) is 10.4. The lowest BCUT2D eigenvalue weighted by molar-refractivity contribution is -0.139. The van der Waals surface area contributed by atoms with Gasteiger partial charge in [0.05, 0.1) is 34.7 Å². The summed E-state index contributed by atoms with van der Waals surface area (Å²) in [5, 5.41) is 6.35. The van der Waals surface area contributed by atoms with Gasteiger partial charge in [0.1, 0.15) is 0 Å². The number of methoxy groups -OCH3 is 4. The Bertz CT molecular complexity index is 914. The summed E-state index contributed by atoms with van der Waals surface area (Å²) < 4.78 is 20.9. The van der Waals surface area contributed by atoms with Crippen LogP contribution < -0.4 is 29.7 Å². The number of para-hydroxylation sites is 1. The first-order valence-electron chi connectivity index (χ1n) is 9.07.